The van der Waals surface area contributed by atoms with Crippen LogP contribution in [0.1, 0.15) is 35.3 Å². The van der Waals surface area contributed by atoms with E-state index in [9.17, 15) is 9.90 Å². The molecule has 109 valence electrons. The Morgan fingerprint density at radius 1 is 1.00 bits per heavy atom. The van der Waals surface area contributed by atoms with Crippen molar-refractivity contribution in [3.63, 3.8) is 0 Å². The molecule has 0 unspecified atom stereocenters. The summed E-state index contributed by atoms with van der Waals surface area (Å²) in [5, 5.41) is 9.72. The van der Waals surface area contributed by atoms with Crippen molar-refractivity contribution in [3.05, 3.63) is 65.2 Å². The number of carbonyl (C=O) groups is 1. The van der Waals surface area contributed by atoms with Gasteiger partial charge in [-0.25, -0.2) is 0 Å². The predicted molar refractivity (Wildman–Crippen MR) is 85.3 cm³/mol. The average molecular weight is 390 g/mol. The molecular weight excluding hydrogens is 371 g/mol. The van der Waals surface area contributed by atoms with Gasteiger partial charge in [-0.05, 0) is 0 Å². The van der Waals surface area contributed by atoms with Crippen molar-refractivity contribution in [1.29, 1.82) is 0 Å². The second-order valence-corrected chi connectivity index (χ2v) is 7.11. The molecular formula is C17H19O3Sn. The Kier molecular flexibility index (Phi) is 6.13. The Morgan fingerprint density at radius 2 is 1.43 bits per heavy atom. The Balaban J connectivity index is 0.00000220. The molecule has 0 saturated heterocycles. The molecule has 0 amide bonds. The molecule has 0 atom stereocenters. The van der Waals surface area contributed by atoms with Gasteiger partial charge < -0.3 is 5.48 Å². The summed E-state index contributed by atoms with van der Waals surface area (Å²) in [5.41, 5.74) is 1.65. The molecule has 0 bridgehead atoms. The first kappa shape index (κ1) is 17.9. The van der Waals surface area contributed by atoms with Gasteiger partial charge in [0.15, 0.2) is 0 Å². The van der Waals surface area contributed by atoms with Gasteiger partial charge >= 0.3 is 133 Å². The van der Waals surface area contributed by atoms with Gasteiger partial charge in [0.2, 0.25) is 0 Å². The van der Waals surface area contributed by atoms with E-state index in [1.54, 1.807) is 12.1 Å². The minimum atomic E-state index is -1.32. The molecule has 3 nitrogen and oxygen atoms in total. The zero-order valence-electron chi connectivity index (χ0n) is 12.2. The fraction of sp³-hybridized carbons (Fsp3) is 0.235. The Bertz CT molecular complexity index is 595. The van der Waals surface area contributed by atoms with Gasteiger partial charge in [-0.3, -0.25) is 0 Å². The molecule has 0 aromatic heterocycles. The molecule has 0 aliphatic rings. The number of Topliss-reactive ketones (excluding diaryl/α,β-unsaturated/α-hetero) is 1. The van der Waals surface area contributed by atoms with Gasteiger partial charge in [0.05, 0.1) is 0 Å². The van der Waals surface area contributed by atoms with E-state index in [-0.39, 0.29) is 11.3 Å². The standard InChI is InChI=1S/C17H17O2.H2O.Sn/c1-17(2,19)16(18)15-10-8-14(9-11-15)12-13-6-4-3-5-7-13;;/h4-11,19H,12H2,1-2H3;1H2;. The van der Waals surface area contributed by atoms with Crippen molar-refractivity contribution in [3.8, 4) is 0 Å². The van der Waals surface area contributed by atoms with E-state index in [0.29, 0.717) is 5.56 Å². The van der Waals surface area contributed by atoms with Crippen LogP contribution in [0.15, 0.2) is 48.5 Å². The maximum absolute atomic E-state index is 11.9. The first-order valence-corrected chi connectivity index (χ1v) is 7.95. The van der Waals surface area contributed by atoms with Crippen LogP contribution >= 0.6 is 0 Å². The number of carbonyl (C=O) groups excluding carboxylic acids is 1. The van der Waals surface area contributed by atoms with Gasteiger partial charge in [-0.2, -0.15) is 0 Å². The van der Waals surface area contributed by atoms with E-state index in [0.717, 1.165) is 12.0 Å². The van der Waals surface area contributed by atoms with Crippen molar-refractivity contribution >= 4 is 31.9 Å². The van der Waals surface area contributed by atoms with E-state index in [1.807, 2.05) is 12.1 Å². The molecule has 3 radical (unpaired) electrons. The number of rotatable bonds is 4. The third-order valence-electron chi connectivity index (χ3n) is 3.13. The quantitative estimate of drug-likeness (QED) is 0.630. The molecule has 2 aromatic rings. The van der Waals surface area contributed by atoms with Gasteiger partial charge in [-0.1, -0.05) is 0 Å². The number of hydrogen-bond donors (Lipinski definition) is 1. The second kappa shape index (κ2) is 7.20. The van der Waals surface area contributed by atoms with Crippen LogP contribution in [-0.4, -0.2) is 44.5 Å². The molecule has 2 rings (SSSR count). The van der Waals surface area contributed by atoms with Crippen molar-refractivity contribution in [2.75, 3.05) is 0 Å². The molecule has 3 N–H and O–H groups in total. The summed E-state index contributed by atoms with van der Waals surface area (Å²) >= 11 is 1.43. The largest absolute Gasteiger partial charge is 0.412 e. The van der Waals surface area contributed by atoms with E-state index >= 15 is 0 Å². The number of hydrogen-bond acceptors (Lipinski definition) is 2. The smallest absolute Gasteiger partial charge is 0.412 e. The Hall–Kier alpha value is -1.17. The molecule has 0 aliphatic carbocycles. The van der Waals surface area contributed by atoms with Crippen LogP contribution in [0, 0.1) is 0 Å². The van der Waals surface area contributed by atoms with Gasteiger partial charge in [0.1, 0.15) is 0 Å². The van der Waals surface area contributed by atoms with Gasteiger partial charge in [-0.15, -0.1) is 0 Å². The van der Waals surface area contributed by atoms with Crippen LogP contribution in [-0.2, 0) is 6.42 Å². The second-order valence-electron chi connectivity index (χ2n) is 5.46. The number of aliphatic hydroxyl groups is 1. The van der Waals surface area contributed by atoms with E-state index < -0.39 is 5.60 Å². The van der Waals surface area contributed by atoms with Crippen molar-refractivity contribution < 1.29 is 15.4 Å². The predicted octanol–water partition coefficient (Wildman–Crippen LogP) is 1.20. The van der Waals surface area contributed by atoms with Crippen LogP contribution < -0.4 is 3.58 Å². The summed E-state index contributed by atoms with van der Waals surface area (Å²) in [6, 6.07) is 16.0. The van der Waals surface area contributed by atoms with Crippen molar-refractivity contribution in [1.82, 2.24) is 0 Å². The Labute approximate surface area is 138 Å². The number of ketones is 1. The van der Waals surface area contributed by atoms with Crippen molar-refractivity contribution in [2.24, 2.45) is 0 Å². The fourth-order valence-corrected chi connectivity index (χ4v) is 2.46. The van der Waals surface area contributed by atoms with Gasteiger partial charge in [0, 0.05) is 0 Å². The van der Waals surface area contributed by atoms with E-state index in [2.05, 4.69) is 24.3 Å². The zero-order valence-corrected chi connectivity index (χ0v) is 15.0. The maximum Gasteiger partial charge on any atom is -0.412 e. The minimum absolute atomic E-state index is 0. The van der Waals surface area contributed by atoms with Crippen LogP contribution in [0.3, 0.4) is 0 Å². The molecule has 0 aliphatic heterocycles. The van der Waals surface area contributed by atoms with Crippen molar-refractivity contribution in [2.45, 2.75) is 25.9 Å². The molecule has 0 spiro atoms. The van der Waals surface area contributed by atoms with Gasteiger partial charge in [0.25, 0.3) is 0 Å². The molecule has 0 fully saturated rings. The Morgan fingerprint density at radius 3 is 1.86 bits per heavy atom. The summed E-state index contributed by atoms with van der Waals surface area (Å²) in [6.07, 6.45) is 0.855. The maximum atomic E-state index is 11.9. The minimum Gasteiger partial charge on any atom is -0.412 e. The third-order valence-corrected chi connectivity index (χ3v) is 4.09. The summed E-state index contributed by atoms with van der Waals surface area (Å²) in [6.45, 7) is 3.02. The SMILES string of the molecule is CC(C)(O)C(=O)c1ccc(Cc2cc[c]([Sn])cc2)cc1.O. The topological polar surface area (TPSA) is 68.8 Å². The first-order chi connectivity index (χ1) is 9.36. The molecule has 0 heterocycles. The van der Waals surface area contributed by atoms with Crippen LogP contribution in [0.25, 0.3) is 0 Å². The molecule has 0 saturated carbocycles. The van der Waals surface area contributed by atoms with E-state index in [1.165, 1.54) is 45.5 Å². The van der Waals surface area contributed by atoms with Crippen LogP contribution in [0.2, 0.25) is 0 Å². The fourth-order valence-electron chi connectivity index (χ4n) is 1.99. The summed E-state index contributed by atoms with van der Waals surface area (Å²) < 4.78 is 1.34. The molecule has 21 heavy (non-hydrogen) atoms. The molecule has 2 aromatic carbocycles. The van der Waals surface area contributed by atoms with Crippen LogP contribution in [0.5, 0.6) is 0 Å². The summed E-state index contributed by atoms with van der Waals surface area (Å²) in [4.78, 5) is 11.9. The normalized spacial score (nSPS) is 10.9. The number of benzene rings is 2. The van der Waals surface area contributed by atoms with Crippen LogP contribution in [0.4, 0.5) is 0 Å². The first-order valence-electron chi connectivity index (χ1n) is 6.53. The monoisotopic (exact) mass is 391 g/mol. The molecule has 4 heteroatoms. The van der Waals surface area contributed by atoms with E-state index in [4.69, 9.17) is 0 Å². The summed E-state index contributed by atoms with van der Waals surface area (Å²) in [5.74, 6) is -0.248. The third kappa shape index (κ3) is 4.95. The summed E-state index contributed by atoms with van der Waals surface area (Å²) in [7, 11) is 0. The average Bonchev–Trinajstić information content (AvgIpc) is 2.40. The zero-order chi connectivity index (χ0) is 14.8.